The molecular weight excluding hydrogens is 398 g/mol. The lowest BCUT2D eigenvalue weighted by molar-refractivity contribution is -0.194. The Balaban J connectivity index is 2.96. The van der Waals surface area contributed by atoms with E-state index in [1.807, 2.05) is 0 Å². The molecular formula is C13H23F3N3O7P. The van der Waals surface area contributed by atoms with E-state index in [1.165, 1.54) is 11.9 Å². The molecule has 10 nitrogen and oxygen atoms in total. The molecule has 2 atom stereocenters. The van der Waals surface area contributed by atoms with Crippen LogP contribution in [0.5, 0.6) is 0 Å². The van der Waals surface area contributed by atoms with Crippen molar-refractivity contribution in [2.45, 2.75) is 38.3 Å². The second-order valence-electron chi connectivity index (χ2n) is 5.59. The summed E-state index contributed by atoms with van der Waals surface area (Å²) in [5, 5.41) is 1.46. The Kier molecular flexibility index (Phi) is 9.12. The van der Waals surface area contributed by atoms with Gasteiger partial charge in [-0.1, -0.05) is 6.42 Å². The molecule has 1 aliphatic rings. The maximum absolute atomic E-state index is 12.9. The molecule has 0 aromatic heterocycles. The average molecular weight is 421 g/mol. The predicted octanol–water partition coefficient (Wildman–Crippen LogP) is 0.978. The number of halogens is 3. The molecule has 1 saturated heterocycles. The first-order valence-corrected chi connectivity index (χ1v) is 9.75. The Morgan fingerprint density at radius 2 is 1.89 bits per heavy atom. The predicted molar refractivity (Wildman–Crippen MR) is 84.7 cm³/mol. The van der Waals surface area contributed by atoms with Gasteiger partial charge in [-0.2, -0.15) is 13.2 Å². The van der Waals surface area contributed by atoms with Crippen LogP contribution in [0.25, 0.3) is 0 Å². The normalized spacial score (nSPS) is 19.2. The molecule has 0 aromatic carbocycles. The maximum Gasteiger partial charge on any atom is 0.471 e. The summed E-state index contributed by atoms with van der Waals surface area (Å²) >= 11 is 0. The Bertz CT molecular complexity index is 558. The van der Waals surface area contributed by atoms with Crippen molar-refractivity contribution >= 4 is 19.5 Å². The highest BCUT2D eigenvalue weighted by Gasteiger charge is 2.51. The molecule has 0 spiro atoms. The Morgan fingerprint density at radius 3 is 2.37 bits per heavy atom. The van der Waals surface area contributed by atoms with Gasteiger partial charge in [-0.25, -0.2) is 9.63 Å². The summed E-state index contributed by atoms with van der Waals surface area (Å²) in [6, 6.07) is 0. The van der Waals surface area contributed by atoms with Crippen LogP contribution in [-0.4, -0.2) is 72.2 Å². The van der Waals surface area contributed by atoms with Crippen LogP contribution in [0.15, 0.2) is 0 Å². The van der Waals surface area contributed by atoms with Gasteiger partial charge in [-0.05, 0) is 19.8 Å². The molecule has 2 N–H and O–H groups in total. The monoisotopic (exact) mass is 421 g/mol. The molecule has 1 fully saturated rings. The zero-order valence-electron chi connectivity index (χ0n) is 14.9. The number of hydrogen-bond donors (Lipinski definition) is 2. The van der Waals surface area contributed by atoms with Crippen LogP contribution in [0.1, 0.15) is 26.2 Å². The van der Waals surface area contributed by atoms with Crippen LogP contribution < -0.4 is 5.59 Å². The molecule has 14 heteroatoms. The average Bonchev–Trinajstić information content (AvgIpc) is 2.59. The van der Waals surface area contributed by atoms with Crippen molar-refractivity contribution in [1.82, 2.24) is 15.5 Å². The number of amides is 1. The quantitative estimate of drug-likeness (QED) is 0.243. The van der Waals surface area contributed by atoms with Crippen molar-refractivity contribution in [3.8, 4) is 0 Å². The van der Waals surface area contributed by atoms with Crippen LogP contribution in [-0.2, 0) is 28.3 Å². The van der Waals surface area contributed by atoms with E-state index in [2.05, 4.69) is 19.7 Å². The molecule has 27 heavy (non-hydrogen) atoms. The van der Waals surface area contributed by atoms with E-state index in [1.54, 1.807) is 0 Å². The van der Waals surface area contributed by atoms with E-state index in [0.29, 0.717) is 13.1 Å². The van der Waals surface area contributed by atoms with Crippen LogP contribution >= 0.6 is 7.60 Å². The Morgan fingerprint density at radius 1 is 1.30 bits per heavy atom. The molecule has 158 valence electrons. The van der Waals surface area contributed by atoms with Crippen molar-refractivity contribution in [2.24, 2.45) is 0 Å². The minimum atomic E-state index is -5.41. The van der Waals surface area contributed by atoms with Crippen molar-refractivity contribution in [3.63, 3.8) is 0 Å². The summed E-state index contributed by atoms with van der Waals surface area (Å²) in [5.74, 6) is -6.13. The van der Waals surface area contributed by atoms with Gasteiger partial charge in [0.25, 0.3) is 0 Å². The minimum Gasteiger partial charge on any atom is -0.465 e. The van der Waals surface area contributed by atoms with Gasteiger partial charge in [0.15, 0.2) is 0 Å². The van der Waals surface area contributed by atoms with E-state index < -0.39 is 38.2 Å². The molecule has 1 rings (SSSR count). The highest BCUT2D eigenvalue weighted by molar-refractivity contribution is 7.53. The lowest BCUT2D eigenvalue weighted by atomic mass is 10.2. The van der Waals surface area contributed by atoms with E-state index in [-0.39, 0.29) is 11.5 Å². The van der Waals surface area contributed by atoms with Crippen LogP contribution in [0.3, 0.4) is 0 Å². The maximum atomic E-state index is 12.9. The highest BCUT2D eigenvalue weighted by Crippen LogP contribution is 2.49. The van der Waals surface area contributed by atoms with E-state index >= 15 is 0 Å². The zero-order chi connectivity index (χ0) is 20.7. The molecule has 1 aliphatic heterocycles. The molecule has 0 aromatic rings. The second kappa shape index (κ2) is 10.3. The van der Waals surface area contributed by atoms with Gasteiger partial charge in [-0.15, -0.1) is 5.59 Å². The van der Waals surface area contributed by atoms with E-state index in [0.717, 1.165) is 26.4 Å². The fourth-order valence-electron chi connectivity index (χ4n) is 2.34. The molecule has 0 saturated carbocycles. The Labute approximate surface area is 154 Å². The van der Waals surface area contributed by atoms with Crippen LogP contribution in [0.4, 0.5) is 13.2 Å². The third-order valence-electron chi connectivity index (χ3n) is 3.52. The number of hydrazine groups is 1. The molecule has 1 amide bonds. The number of ether oxygens (including phenoxy) is 2. The molecule has 2 unspecified atom stereocenters. The lowest BCUT2D eigenvalue weighted by Gasteiger charge is -2.33. The minimum absolute atomic E-state index is 0.158. The molecule has 0 aliphatic carbocycles. The van der Waals surface area contributed by atoms with Gasteiger partial charge >= 0.3 is 25.6 Å². The van der Waals surface area contributed by atoms with E-state index in [4.69, 9.17) is 0 Å². The summed E-state index contributed by atoms with van der Waals surface area (Å²) in [4.78, 5) is 33.0. The first kappa shape index (κ1) is 23.8. The third kappa shape index (κ3) is 7.35. The Hall–Kier alpha value is -1.24. The highest BCUT2D eigenvalue weighted by atomic mass is 31.2. The summed E-state index contributed by atoms with van der Waals surface area (Å²) < 4.78 is 64.8. The number of rotatable bonds is 9. The lowest BCUT2D eigenvalue weighted by Crippen LogP contribution is -2.51. The first-order valence-electron chi connectivity index (χ1n) is 8.10. The van der Waals surface area contributed by atoms with Gasteiger partial charge in [0, 0.05) is 20.2 Å². The number of nitrogens with zero attached hydrogens (tertiary/aromatic N) is 2. The van der Waals surface area contributed by atoms with Gasteiger partial charge in [0.2, 0.25) is 5.97 Å². The SMILES string of the molecule is CCOC(=O)CN(C(=O)C(F)(F)F)C(OC)P(=O)(O)ONN1CCCCC1. The molecule has 0 bridgehead atoms. The molecule has 0 radical (unpaired) electrons. The number of alkyl halides is 3. The number of piperidine rings is 1. The van der Waals surface area contributed by atoms with E-state index in [9.17, 15) is 32.2 Å². The third-order valence-corrected chi connectivity index (χ3v) is 4.91. The summed E-state index contributed by atoms with van der Waals surface area (Å²) in [5.41, 5.74) is 2.19. The van der Waals surface area contributed by atoms with Gasteiger partial charge < -0.3 is 14.4 Å². The van der Waals surface area contributed by atoms with Gasteiger partial charge in [0.1, 0.15) is 6.54 Å². The fraction of sp³-hybridized carbons (Fsp3) is 0.846. The van der Waals surface area contributed by atoms with Gasteiger partial charge in [0.05, 0.1) is 6.61 Å². The van der Waals surface area contributed by atoms with Crippen molar-refractivity contribution < 1.29 is 46.3 Å². The number of carbonyl (C=O) groups is 2. The summed E-state index contributed by atoms with van der Waals surface area (Å²) in [7, 11) is -4.20. The zero-order valence-corrected chi connectivity index (χ0v) is 15.8. The standard InChI is InChI=1S/C13H23F3N3O7P/c1-3-25-10(20)9-19(11(21)13(14,15)16)12(24-2)27(22,23)26-17-18-7-5-4-6-8-18/h12,17H,3-9H2,1-2H3,(H,22,23). The number of carbonyl (C=O) groups excluding carboxylic acids is 2. The van der Waals surface area contributed by atoms with Crippen molar-refractivity contribution in [1.29, 1.82) is 0 Å². The smallest absolute Gasteiger partial charge is 0.465 e. The van der Waals surface area contributed by atoms with Crippen molar-refractivity contribution in [2.75, 3.05) is 33.4 Å². The van der Waals surface area contributed by atoms with Crippen molar-refractivity contribution in [3.05, 3.63) is 0 Å². The van der Waals surface area contributed by atoms with Crippen LogP contribution in [0, 0.1) is 0 Å². The topological polar surface area (TPSA) is 118 Å². The largest absolute Gasteiger partial charge is 0.471 e. The first-order chi connectivity index (χ1) is 12.5. The van der Waals surface area contributed by atoms with Gasteiger partial charge in [-0.3, -0.25) is 19.1 Å². The number of esters is 1. The number of nitrogens with one attached hydrogen (secondary N) is 1. The summed E-state index contributed by atoms with van der Waals surface area (Å²) in [6.45, 7) is 0.984. The number of methoxy groups -OCH3 is 1. The fourth-order valence-corrected chi connectivity index (χ4v) is 3.47. The molecule has 1 heterocycles. The summed E-state index contributed by atoms with van der Waals surface area (Å²) in [6.07, 6.45) is -2.87. The number of hydrogen-bond acceptors (Lipinski definition) is 8. The van der Waals surface area contributed by atoms with Crippen LogP contribution in [0.2, 0.25) is 0 Å². The second-order valence-corrected chi connectivity index (χ2v) is 7.34.